The summed E-state index contributed by atoms with van der Waals surface area (Å²) in [6, 6.07) is 6.28. The standard InChI is InChI=1S/C17H20N4O5S2/c1-26-16(23)15-19-17(27-20-15)18-14(22)11-12-5-7-13(8-6-12)28(24,25)21-9-3-2-4-10-21/h5-8H,2-4,9-11H2,1H3,(H,18,19,20,22). The van der Waals surface area contributed by atoms with Crippen molar-refractivity contribution in [3.05, 3.63) is 35.7 Å². The van der Waals surface area contributed by atoms with Crippen molar-refractivity contribution in [3.8, 4) is 0 Å². The lowest BCUT2D eigenvalue weighted by molar-refractivity contribution is -0.115. The quantitative estimate of drug-likeness (QED) is 0.701. The van der Waals surface area contributed by atoms with E-state index in [4.69, 9.17) is 0 Å². The summed E-state index contributed by atoms with van der Waals surface area (Å²) in [6.07, 6.45) is 2.84. The first-order chi connectivity index (χ1) is 13.4. The Balaban J connectivity index is 1.61. The fourth-order valence-electron chi connectivity index (χ4n) is 2.83. The van der Waals surface area contributed by atoms with Crippen molar-refractivity contribution in [1.29, 1.82) is 0 Å². The van der Waals surface area contributed by atoms with Crippen LogP contribution in [0.4, 0.5) is 5.13 Å². The Labute approximate surface area is 166 Å². The van der Waals surface area contributed by atoms with Gasteiger partial charge in [0.15, 0.2) is 0 Å². The number of amides is 1. The molecule has 0 unspecified atom stereocenters. The Morgan fingerprint density at radius 3 is 2.50 bits per heavy atom. The van der Waals surface area contributed by atoms with Crippen molar-refractivity contribution in [2.24, 2.45) is 0 Å². The molecule has 0 saturated carbocycles. The van der Waals surface area contributed by atoms with E-state index >= 15 is 0 Å². The van der Waals surface area contributed by atoms with Gasteiger partial charge in [-0.25, -0.2) is 13.2 Å². The minimum atomic E-state index is -3.49. The molecule has 0 bridgehead atoms. The van der Waals surface area contributed by atoms with Crippen LogP contribution in [0, 0.1) is 0 Å². The predicted octanol–water partition coefficient (Wildman–Crippen LogP) is 1.68. The summed E-state index contributed by atoms with van der Waals surface area (Å²) in [5.74, 6) is -1.14. The van der Waals surface area contributed by atoms with Gasteiger partial charge in [-0.05, 0) is 30.5 Å². The average molecular weight is 425 g/mol. The van der Waals surface area contributed by atoms with E-state index in [1.54, 1.807) is 12.1 Å². The third-order valence-electron chi connectivity index (χ3n) is 4.28. The summed E-state index contributed by atoms with van der Waals surface area (Å²) in [7, 11) is -2.27. The number of benzene rings is 1. The first kappa shape index (κ1) is 20.4. The van der Waals surface area contributed by atoms with Crippen molar-refractivity contribution < 1.29 is 22.7 Å². The van der Waals surface area contributed by atoms with Gasteiger partial charge in [-0.2, -0.15) is 13.7 Å². The molecule has 2 heterocycles. The molecule has 1 amide bonds. The number of rotatable bonds is 6. The van der Waals surface area contributed by atoms with Crippen molar-refractivity contribution in [3.63, 3.8) is 0 Å². The molecule has 1 aromatic carbocycles. The van der Waals surface area contributed by atoms with Crippen LogP contribution in [0.5, 0.6) is 0 Å². The smallest absolute Gasteiger partial charge is 0.377 e. The zero-order valence-electron chi connectivity index (χ0n) is 15.3. The Bertz CT molecular complexity index is 950. The molecule has 1 N–H and O–H groups in total. The van der Waals surface area contributed by atoms with Crippen LogP contribution in [-0.4, -0.2) is 54.2 Å². The van der Waals surface area contributed by atoms with Gasteiger partial charge in [-0.15, -0.1) is 0 Å². The molecule has 0 spiro atoms. The SMILES string of the molecule is COC(=O)c1nsc(NC(=O)Cc2ccc(S(=O)(=O)N3CCCCC3)cc2)n1. The summed E-state index contributed by atoms with van der Waals surface area (Å²) in [5, 5.41) is 2.75. The maximum atomic E-state index is 12.6. The Morgan fingerprint density at radius 2 is 1.86 bits per heavy atom. The molecule has 0 aliphatic carbocycles. The van der Waals surface area contributed by atoms with E-state index in [9.17, 15) is 18.0 Å². The van der Waals surface area contributed by atoms with Gasteiger partial charge in [-0.3, -0.25) is 4.79 Å². The lowest BCUT2D eigenvalue weighted by Gasteiger charge is -2.25. The van der Waals surface area contributed by atoms with E-state index in [1.807, 2.05) is 0 Å². The van der Waals surface area contributed by atoms with Gasteiger partial charge < -0.3 is 10.1 Å². The van der Waals surface area contributed by atoms with Crippen LogP contribution in [0.25, 0.3) is 0 Å². The highest BCUT2D eigenvalue weighted by Gasteiger charge is 2.25. The van der Waals surface area contributed by atoms with E-state index < -0.39 is 16.0 Å². The molecule has 9 nitrogen and oxygen atoms in total. The van der Waals surface area contributed by atoms with Gasteiger partial charge in [0.05, 0.1) is 18.4 Å². The van der Waals surface area contributed by atoms with Crippen molar-refractivity contribution in [1.82, 2.24) is 13.7 Å². The van der Waals surface area contributed by atoms with Gasteiger partial charge in [-0.1, -0.05) is 18.6 Å². The van der Waals surface area contributed by atoms with E-state index in [2.05, 4.69) is 19.4 Å². The number of esters is 1. The van der Waals surface area contributed by atoms with Crippen LogP contribution < -0.4 is 5.32 Å². The number of anilines is 1. The fraction of sp³-hybridized carbons (Fsp3) is 0.412. The Hall–Kier alpha value is -2.37. The van der Waals surface area contributed by atoms with Gasteiger partial charge in [0, 0.05) is 24.6 Å². The van der Waals surface area contributed by atoms with Gasteiger partial charge in [0.1, 0.15) is 0 Å². The number of carbonyl (C=O) groups is 2. The first-order valence-electron chi connectivity index (χ1n) is 8.71. The van der Waals surface area contributed by atoms with Crippen LogP contribution >= 0.6 is 11.5 Å². The van der Waals surface area contributed by atoms with Crippen LogP contribution in [0.2, 0.25) is 0 Å². The molecular weight excluding hydrogens is 404 g/mol. The third-order valence-corrected chi connectivity index (χ3v) is 6.82. The monoisotopic (exact) mass is 424 g/mol. The van der Waals surface area contributed by atoms with Gasteiger partial charge in [0.2, 0.25) is 21.1 Å². The largest absolute Gasteiger partial charge is 0.463 e. The molecule has 1 fully saturated rings. The van der Waals surface area contributed by atoms with Gasteiger partial charge in [0.25, 0.3) is 5.82 Å². The molecule has 0 atom stereocenters. The molecule has 150 valence electrons. The maximum absolute atomic E-state index is 12.6. The lowest BCUT2D eigenvalue weighted by Crippen LogP contribution is -2.35. The summed E-state index contributed by atoms with van der Waals surface area (Å²) in [6.45, 7) is 1.09. The number of sulfonamides is 1. The zero-order chi connectivity index (χ0) is 20.1. The van der Waals surface area contributed by atoms with Crippen molar-refractivity contribution in [2.45, 2.75) is 30.6 Å². The average Bonchev–Trinajstić information content (AvgIpc) is 3.16. The Kier molecular flexibility index (Phi) is 6.37. The maximum Gasteiger partial charge on any atom is 0.377 e. The third kappa shape index (κ3) is 4.72. The van der Waals surface area contributed by atoms with Crippen molar-refractivity contribution in [2.75, 3.05) is 25.5 Å². The fourth-order valence-corrected chi connectivity index (χ4v) is 4.92. The van der Waals surface area contributed by atoms with E-state index in [1.165, 1.54) is 23.5 Å². The number of carbonyl (C=O) groups excluding carboxylic acids is 2. The molecule has 11 heteroatoms. The van der Waals surface area contributed by atoms with Crippen LogP contribution in [0.1, 0.15) is 35.4 Å². The molecule has 0 radical (unpaired) electrons. The second kappa shape index (κ2) is 8.76. The van der Waals surface area contributed by atoms with Gasteiger partial charge >= 0.3 is 5.97 Å². The highest BCUT2D eigenvalue weighted by atomic mass is 32.2. The second-order valence-electron chi connectivity index (χ2n) is 6.25. The number of piperidine rings is 1. The normalized spacial score (nSPS) is 15.2. The summed E-state index contributed by atoms with van der Waals surface area (Å²) in [4.78, 5) is 27.6. The van der Waals surface area contributed by atoms with Crippen LogP contribution in [0.3, 0.4) is 0 Å². The molecule has 3 rings (SSSR count). The molecular formula is C17H20N4O5S2. The number of hydrogen-bond donors (Lipinski definition) is 1. The molecule has 1 aromatic heterocycles. The molecule has 1 aliphatic heterocycles. The van der Waals surface area contributed by atoms with E-state index in [0.29, 0.717) is 18.7 Å². The summed E-state index contributed by atoms with van der Waals surface area (Å²) in [5.41, 5.74) is 0.660. The number of ether oxygens (including phenoxy) is 1. The number of nitrogens with zero attached hydrogens (tertiary/aromatic N) is 3. The number of aromatic nitrogens is 2. The molecule has 1 saturated heterocycles. The minimum absolute atomic E-state index is 0.0389. The van der Waals surface area contributed by atoms with E-state index in [-0.39, 0.29) is 28.2 Å². The predicted molar refractivity (Wildman–Crippen MR) is 103 cm³/mol. The molecule has 28 heavy (non-hydrogen) atoms. The zero-order valence-corrected chi connectivity index (χ0v) is 16.9. The molecule has 2 aromatic rings. The van der Waals surface area contributed by atoms with Crippen LogP contribution in [0.15, 0.2) is 29.2 Å². The summed E-state index contributed by atoms with van der Waals surface area (Å²) >= 11 is 0.875. The topological polar surface area (TPSA) is 119 Å². The number of methoxy groups -OCH3 is 1. The number of nitrogens with one attached hydrogen (secondary N) is 1. The summed E-state index contributed by atoms with van der Waals surface area (Å²) < 4.78 is 35.1. The Morgan fingerprint density at radius 1 is 1.18 bits per heavy atom. The van der Waals surface area contributed by atoms with E-state index in [0.717, 1.165) is 30.8 Å². The van der Waals surface area contributed by atoms with Crippen molar-refractivity contribution >= 4 is 38.6 Å². The number of hydrogen-bond acceptors (Lipinski definition) is 8. The highest BCUT2D eigenvalue weighted by molar-refractivity contribution is 7.89. The minimum Gasteiger partial charge on any atom is -0.463 e. The molecule has 1 aliphatic rings. The lowest BCUT2D eigenvalue weighted by atomic mass is 10.1. The second-order valence-corrected chi connectivity index (χ2v) is 8.94. The van der Waals surface area contributed by atoms with Crippen LogP contribution in [-0.2, 0) is 26.0 Å². The highest BCUT2D eigenvalue weighted by Crippen LogP contribution is 2.21. The first-order valence-corrected chi connectivity index (χ1v) is 10.9.